The van der Waals surface area contributed by atoms with Gasteiger partial charge < -0.3 is 29.4 Å². The van der Waals surface area contributed by atoms with E-state index in [1.807, 2.05) is 20.8 Å². The van der Waals surface area contributed by atoms with E-state index in [0.717, 1.165) is 4.90 Å². The van der Waals surface area contributed by atoms with Gasteiger partial charge in [0.25, 0.3) is 29.5 Å². The number of hydrogen-bond donors (Lipinski definition) is 5. The molecule has 3 aliphatic heterocycles. The molecular formula is C42H75ClN8O12. The maximum Gasteiger partial charge on any atom is 0.403 e. The minimum atomic E-state index is -1.04. The molecule has 3 aliphatic rings. The predicted molar refractivity (Wildman–Crippen MR) is 236 cm³/mol. The van der Waals surface area contributed by atoms with Crippen LogP contribution in [0.4, 0.5) is 4.79 Å². The fourth-order valence-electron chi connectivity index (χ4n) is 5.51. The number of amides is 5. The van der Waals surface area contributed by atoms with Crippen LogP contribution in [-0.4, -0.2) is 147 Å². The third kappa shape index (κ3) is 17.9. The lowest BCUT2D eigenvalue weighted by molar-refractivity contribution is -0.162. The molecule has 21 heteroatoms. The predicted octanol–water partition coefficient (Wildman–Crippen LogP) is 2.57. The molecule has 3 saturated heterocycles. The lowest BCUT2D eigenvalue weighted by Gasteiger charge is -2.41. The summed E-state index contributed by atoms with van der Waals surface area (Å²) in [5.74, 6) is 2.06. The van der Waals surface area contributed by atoms with Gasteiger partial charge in [0.05, 0.1) is 6.61 Å². The van der Waals surface area contributed by atoms with E-state index in [4.69, 9.17) is 16.7 Å². The Morgan fingerprint density at radius 1 is 0.571 bits per heavy atom. The second-order valence-electron chi connectivity index (χ2n) is 16.7. The van der Waals surface area contributed by atoms with Crippen LogP contribution < -0.4 is 22.5 Å². The number of carboxylic acids is 1. The molecule has 0 aromatic carbocycles. The summed E-state index contributed by atoms with van der Waals surface area (Å²) in [7, 11) is 0. The molecule has 5 amide bonds. The monoisotopic (exact) mass is 919 g/mol. The Balaban J connectivity index is 0. The van der Waals surface area contributed by atoms with Gasteiger partial charge in [-0.2, -0.15) is 0 Å². The van der Waals surface area contributed by atoms with Gasteiger partial charge in [0.1, 0.15) is 18.1 Å². The molecule has 0 aromatic heterocycles. The number of rotatable bonds is 16. The molecule has 63 heavy (non-hydrogen) atoms. The number of halogens is 1. The number of nitrogens with one attached hydrogen (secondary N) is 2. The van der Waals surface area contributed by atoms with Crippen LogP contribution in [0.5, 0.6) is 0 Å². The second-order valence-corrected chi connectivity index (χ2v) is 17.0. The van der Waals surface area contributed by atoms with E-state index in [1.54, 1.807) is 48.5 Å². The summed E-state index contributed by atoms with van der Waals surface area (Å²) in [6, 6.07) is -2.50. The van der Waals surface area contributed by atoms with Crippen molar-refractivity contribution in [2.75, 3.05) is 45.9 Å². The number of carbonyl (C=O) groups is 10. The maximum atomic E-state index is 12.5. The Morgan fingerprint density at radius 2 is 0.841 bits per heavy atom. The first-order valence-corrected chi connectivity index (χ1v) is 21.9. The Morgan fingerprint density at radius 3 is 0.984 bits per heavy atom. The fourth-order valence-corrected chi connectivity index (χ4v) is 5.62. The van der Waals surface area contributed by atoms with Gasteiger partial charge in [-0.3, -0.25) is 60.9 Å². The van der Waals surface area contributed by atoms with Crippen LogP contribution in [0.3, 0.4) is 0 Å². The molecule has 0 bridgehead atoms. The summed E-state index contributed by atoms with van der Waals surface area (Å²) in [5.41, 5.74) is 1.47. The van der Waals surface area contributed by atoms with Crippen LogP contribution >= 0.6 is 11.6 Å². The summed E-state index contributed by atoms with van der Waals surface area (Å²) in [6.07, 6.45) is 2.73. The molecule has 3 heterocycles. The number of Topliss-reactive ketones (excluding diaryl/α,β-unsaturated/α-hetero) is 3. The zero-order valence-corrected chi connectivity index (χ0v) is 40.4. The largest absolute Gasteiger partial charge is 0.480 e. The molecule has 3 atom stereocenters. The van der Waals surface area contributed by atoms with Gasteiger partial charge in [-0.05, 0) is 65.1 Å². The van der Waals surface area contributed by atoms with Crippen molar-refractivity contribution in [1.29, 1.82) is 0 Å². The highest BCUT2D eigenvalue weighted by Crippen LogP contribution is 2.28. The Bertz CT molecular complexity index is 1530. The van der Waals surface area contributed by atoms with Gasteiger partial charge in [0.15, 0.2) is 0 Å². The quantitative estimate of drug-likeness (QED) is 0.0644. The summed E-state index contributed by atoms with van der Waals surface area (Å²) in [6.45, 7) is 28.7. The average Bonchev–Trinajstić information content (AvgIpc) is 3.19. The molecular weight excluding hydrogens is 844 g/mol. The third-order valence-corrected chi connectivity index (χ3v) is 11.8. The molecule has 3 rings (SSSR count). The van der Waals surface area contributed by atoms with E-state index in [0.29, 0.717) is 51.7 Å². The van der Waals surface area contributed by atoms with Crippen LogP contribution in [0.15, 0.2) is 0 Å². The number of nitrogens with zero attached hydrogens (tertiary/aromatic N) is 4. The van der Waals surface area contributed by atoms with E-state index in [2.05, 4.69) is 52.9 Å². The standard InChI is InChI=1S/C22H34N4O6.C11H17NO4.C6H15N.C3H5ClO2.H4N2/c1-7-21(3,4)15(27)19(31)25-11-9-13(25)17(29)23-24-18(30)14-10-12-26(14)20(32)16(28)22(5,6)8-2;1-4-11(2,3)8(13)9(14)12-6-5-7(12)10(15)16;1-4-7(5-2)6-3;1-2-6-3(4)5;1-2/h13-14H,7-12H2,1-6H3,(H,23,29)(H,24,30);7H,4-6H2,1-3H3,(H,15,16);4-6H2,1-3H3;2H2,1H3;1-2H2/t13-,14?;7-;;;/m00.../s1. The highest BCUT2D eigenvalue weighted by atomic mass is 35.5. The van der Waals surface area contributed by atoms with Crippen LogP contribution in [0.2, 0.25) is 0 Å². The smallest absolute Gasteiger partial charge is 0.403 e. The summed E-state index contributed by atoms with van der Waals surface area (Å²) in [5, 5.41) is 8.79. The van der Waals surface area contributed by atoms with Crippen LogP contribution in [0.1, 0.15) is 129 Å². The molecule has 0 aromatic rings. The molecule has 1 unspecified atom stereocenters. The summed E-state index contributed by atoms with van der Waals surface area (Å²) in [4.78, 5) is 124. The molecule has 0 aliphatic carbocycles. The second kappa shape index (κ2) is 28.3. The molecule has 362 valence electrons. The molecule has 0 saturated carbocycles. The number of hydrogen-bond acceptors (Lipinski definition) is 14. The average molecular weight is 920 g/mol. The highest BCUT2D eigenvalue weighted by molar-refractivity contribution is 6.61. The van der Waals surface area contributed by atoms with Gasteiger partial charge in [-0.15, -0.1) is 0 Å². The minimum absolute atomic E-state index is 0.288. The zero-order chi connectivity index (χ0) is 49.6. The number of ketones is 3. The highest BCUT2D eigenvalue weighted by Gasteiger charge is 2.46. The van der Waals surface area contributed by atoms with Crippen molar-refractivity contribution in [3.63, 3.8) is 0 Å². The summed E-state index contributed by atoms with van der Waals surface area (Å²) < 4.78 is 4.17. The van der Waals surface area contributed by atoms with Crippen molar-refractivity contribution >= 4 is 69.9 Å². The topological polar surface area (TPSA) is 289 Å². The van der Waals surface area contributed by atoms with E-state index in [-0.39, 0.29) is 13.1 Å². The van der Waals surface area contributed by atoms with Crippen molar-refractivity contribution < 1.29 is 57.8 Å². The summed E-state index contributed by atoms with van der Waals surface area (Å²) >= 11 is 4.72. The number of ether oxygens (including phenoxy) is 1. The number of hydrazine groups is 2. The van der Waals surface area contributed by atoms with Gasteiger partial charge in [0.2, 0.25) is 17.3 Å². The van der Waals surface area contributed by atoms with E-state index in [9.17, 15) is 47.9 Å². The first-order chi connectivity index (χ1) is 29.2. The molecule has 0 radical (unpaired) electrons. The van der Waals surface area contributed by atoms with Gasteiger partial charge in [0, 0.05) is 47.5 Å². The lowest BCUT2D eigenvalue weighted by atomic mass is 9.83. The minimum Gasteiger partial charge on any atom is -0.480 e. The first kappa shape index (κ1) is 60.6. The number of aliphatic carboxylic acids is 1. The Labute approximate surface area is 377 Å². The van der Waals surface area contributed by atoms with Gasteiger partial charge in [-0.25, -0.2) is 9.59 Å². The number of carboxylic acid groups (broad SMARTS) is 1. The zero-order valence-electron chi connectivity index (χ0n) is 39.7. The molecule has 0 spiro atoms. The fraction of sp³-hybridized carbons (Fsp3) is 0.762. The van der Waals surface area contributed by atoms with Crippen LogP contribution in [0.25, 0.3) is 0 Å². The Kier molecular flexibility index (Phi) is 27.2. The first-order valence-electron chi connectivity index (χ1n) is 21.5. The molecule has 7 N–H and O–H groups in total. The van der Waals surface area contributed by atoms with Crippen molar-refractivity contribution in [3.05, 3.63) is 0 Å². The third-order valence-electron chi connectivity index (χ3n) is 11.7. The lowest BCUT2D eigenvalue weighted by Crippen LogP contribution is -2.65. The van der Waals surface area contributed by atoms with Crippen LogP contribution in [-0.2, 0) is 47.9 Å². The van der Waals surface area contributed by atoms with Crippen molar-refractivity contribution in [1.82, 2.24) is 30.5 Å². The van der Waals surface area contributed by atoms with Gasteiger partial charge in [-0.1, -0.05) is 83.1 Å². The molecule has 20 nitrogen and oxygen atoms in total. The van der Waals surface area contributed by atoms with E-state index in [1.165, 1.54) is 29.4 Å². The van der Waals surface area contributed by atoms with Crippen molar-refractivity contribution in [3.8, 4) is 0 Å². The van der Waals surface area contributed by atoms with E-state index >= 15 is 0 Å². The molecule has 3 fully saturated rings. The van der Waals surface area contributed by atoms with Crippen molar-refractivity contribution in [2.45, 2.75) is 147 Å². The number of carbonyl (C=O) groups excluding carboxylic acids is 9. The Hall–Kier alpha value is -4.53. The number of likely N-dealkylation sites (tertiary alicyclic amines) is 3. The number of nitrogens with two attached hydrogens (primary N) is 2. The van der Waals surface area contributed by atoms with Crippen molar-refractivity contribution in [2.24, 2.45) is 27.9 Å². The maximum absolute atomic E-state index is 12.5. The van der Waals surface area contributed by atoms with Gasteiger partial charge >= 0.3 is 11.4 Å². The SMILES string of the molecule is CCC(C)(C)C(=O)C(=O)N1CCC1C(=O)NNC(=O)[C@@H]1CCN1C(=O)C(=O)C(C)(C)CC.CCC(C)(C)C(=O)C(=O)N1CC[C@H]1C(=O)O.CCN(CC)CC.CCOC(=O)Cl.NN. The normalized spacial score (nSPS) is 17.5. The van der Waals surface area contributed by atoms with E-state index < -0.39 is 92.7 Å². The van der Waals surface area contributed by atoms with Crippen LogP contribution in [0, 0.1) is 16.2 Å².